The lowest BCUT2D eigenvalue weighted by Crippen LogP contribution is -2.06. The summed E-state index contributed by atoms with van der Waals surface area (Å²) in [6.07, 6.45) is 1.02. The van der Waals surface area contributed by atoms with Crippen LogP contribution in [0.1, 0.15) is 44.6 Å². The largest absolute Gasteiger partial charge is 0.373 e. The van der Waals surface area contributed by atoms with Gasteiger partial charge in [0.05, 0.1) is 0 Å². The van der Waals surface area contributed by atoms with E-state index < -0.39 is 0 Å². The van der Waals surface area contributed by atoms with Crippen LogP contribution in [0.2, 0.25) is 0 Å². The first-order valence-electron chi connectivity index (χ1n) is 5.80. The minimum Gasteiger partial charge on any atom is -0.373 e. The van der Waals surface area contributed by atoms with Crippen molar-refractivity contribution in [1.82, 2.24) is 9.97 Å². The highest BCUT2D eigenvalue weighted by Gasteiger charge is 2.06. The van der Waals surface area contributed by atoms with Gasteiger partial charge in [-0.25, -0.2) is 9.97 Å². The van der Waals surface area contributed by atoms with Gasteiger partial charge in [0.1, 0.15) is 12.4 Å². The highest BCUT2D eigenvalue weighted by molar-refractivity contribution is 5.35. The van der Waals surface area contributed by atoms with E-state index in [2.05, 4.69) is 36.1 Å². The van der Waals surface area contributed by atoms with E-state index in [0.29, 0.717) is 12.5 Å². The van der Waals surface area contributed by atoms with E-state index >= 15 is 0 Å². The number of hydrogen-bond donors (Lipinski definition) is 1. The lowest BCUT2D eigenvalue weighted by atomic mass is 10.1. The standard InChI is InChI=1S/C12H21N3O/c1-5-6-16-8-12-14-10(9(2)3)7-11(13-4)15-12/h7,9H,5-6,8H2,1-4H3,(H,13,14,15). The van der Waals surface area contributed by atoms with E-state index in [4.69, 9.17) is 4.74 Å². The van der Waals surface area contributed by atoms with E-state index in [-0.39, 0.29) is 0 Å². The molecule has 16 heavy (non-hydrogen) atoms. The molecule has 0 radical (unpaired) electrons. The summed E-state index contributed by atoms with van der Waals surface area (Å²) in [6, 6.07) is 1.98. The molecule has 0 atom stereocenters. The Bertz CT molecular complexity index is 326. The summed E-state index contributed by atoms with van der Waals surface area (Å²) in [4.78, 5) is 8.84. The lowest BCUT2D eigenvalue weighted by molar-refractivity contribution is 0.116. The molecule has 0 saturated heterocycles. The number of nitrogens with zero attached hydrogens (tertiary/aromatic N) is 2. The summed E-state index contributed by atoms with van der Waals surface area (Å²) in [7, 11) is 1.86. The summed E-state index contributed by atoms with van der Waals surface area (Å²) in [5, 5.41) is 3.05. The zero-order valence-electron chi connectivity index (χ0n) is 10.6. The summed E-state index contributed by atoms with van der Waals surface area (Å²) >= 11 is 0. The van der Waals surface area contributed by atoms with Crippen molar-refractivity contribution in [1.29, 1.82) is 0 Å². The third-order valence-corrected chi connectivity index (χ3v) is 2.22. The number of anilines is 1. The van der Waals surface area contributed by atoms with Gasteiger partial charge in [-0.05, 0) is 12.3 Å². The van der Waals surface area contributed by atoms with Crippen molar-refractivity contribution in [3.05, 3.63) is 17.6 Å². The Morgan fingerprint density at radius 2 is 2.12 bits per heavy atom. The van der Waals surface area contributed by atoms with Crippen molar-refractivity contribution in [2.45, 2.75) is 39.7 Å². The molecule has 4 nitrogen and oxygen atoms in total. The van der Waals surface area contributed by atoms with Crippen LogP contribution in [0.3, 0.4) is 0 Å². The molecule has 1 N–H and O–H groups in total. The van der Waals surface area contributed by atoms with Gasteiger partial charge in [0.15, 0.2) is 5.82 Å². The molecule has 90 valence electrons. The smallest absolute Gasteiger partial charge is 0.156 e. The molecule has 4 heteroatoms. The Balaban J connectivity index is 2.78. The Morgan fingerprint density at radius 3 is 2.69 bits per heavy atom. The number of ether oxygens (including phenoxy) is 1. The maximum atomic E-state index is 5.45. The van der Waals surface area contributed by atoms with Gasteiger partial charge >= 0.3 is 0 Å². The Morgan fingerprint density at radius 1 is 1.38 bits per heavy atom. The second kappa shape index (κ2) is 6.43. The fraction of sp³-hybridized carbons (Fsp3) is 0.667. The van der Waals surface area contributed by atoms with Gasteiger partial charge in [-0.1, -0.05) is 20.8 Å². The van der Waals surface area contributed by atoms with E-state index in [1.165, 1.54) is 0 Å². The van der Waals surface area contributed by atoms with Gasteiger partial charge in [-0.15, -0.1) is 0 Å². The van der Waals surface area contributed by atoms with E-state index in [1.54, 1.807) is 0 Å². The van der Waals surface area contributed by atoms with Gasteiger partial charge in [0.25, 0.3) is 0 Å². The lowest BCUT2D eigenvalue weighted by Gasteiger charge is -2.10. The van der Waals surface area contributed by atoms with Crippen LogP contribution >= 0.6 is 0 Å². The molecular formula is C12H21N3O. The minimum atomic E-state index is 0.403. The normalized spacial score (nSPS) is 10.8. The molecule has 1 rings (SSSR count). The molecule has 0 saturated carbocycles. The van der Waals surface area contributed by atoms with Gasteiger partial charge < -0.3 is 10.1 Å². The molecule has 0 aliphatic carbocycles. The average molecular weight is 223 g/mol. The highest BCUT2D eigenvalue weighted by atomic mass is 16.5. The Hall–Kier alpha value is -1.16. The first-order chi connectivity index (χ1) is 7.67. The third kappa shape index (κ3) is 3.77. The molecule has 0 aromatic carbocycles. The first-order valence-corrected chi connectivity index (χ1v) is 5.80. The number of nitrogens with one attached hydrogen (secondary N) is 1. The predicted molar refractivity (Wildman–Crippen MR) is 65.6 cm³/mol. The van der Waals surface area contributed by atoms with Crippen molar-refractivity contribution in [2.75, 3.05) is 19.0 Å². The second-order valence-corrected chi connectivity index (χ2v) is 4.05. The zero-order valence-corrected chi connectivity index (χ0v) is 10.6. The SMILES string of the molecule is CCCOCc1nc(NC)cc(C(C)C)n1. The summed E-state index contributed by atoms with van der Waals surface area (Å²) in [6.45, 7) is 7.58. The van der Waals surface area contributed by atoms with Crippen molar-refractivity contribution >= 4 is 5.82 Å². The fourth-order valence-corrected chi connectivity index (χ4v) is 1.31. The van der Waals surface area contributed by atoms with Gasteiger partial charge in [0.2, 0.25) is 0 Å². The van der Waals surface area contributed by atoms with Crippen LogP contribution in [0.15, 0.2) is 6.07 Å². The average Bonchev–Trinajstić information content (AvgIpc) is 2.29. The van der Waals surface area contributed by atoms with Crippen LogP contribution in [0.4, 0.5) is 5.82 Å². The molecule has 0 fully saturated rings. The van der Waals surface area contributed by atoms with Gasteiger partial charge in [-0.3, -0.25) is 0 Å². The fourth-order valence-electron chi connectivity index (χ4n) is 1.31. The molecule has 0 aliphatic heterocycles. The third-order valence-electron chi connectivity index (χ3n) is 2.22. The van der Waals surface area contributed by atoms with Crippen LogP contribution in [-0.2, 0) is 11.3 Å². The predicted octanol–water partition coefficient (Wildman–Crippen LogP) is 2.57. The van der Waals surface area contributed by atoms with Crippen LogP contribution in [0.5, 0.6) is 0 Å². The van der Waals surface area contributed by atoms with E-state index in [9.17, 15) is 0 Å². The molecule has 1 aromatic heterocycles. The van der Waals surface area contributed by atoms with Crippen LogP contribution < -0.4 is 5.32 Å². The Labute approximate surface area is 97.5 Å². The molecule has 1 heterocycles. The van der Waals surface area contributed by atoms with Crippen molar-refractivity contribution in [3.8, 4) is 0 Å². The summed E-state index contributed by atoms with van der Waals surface area (Å²) in [5.74, 6) is 2.01. The molecule has 0 bridgehead atoms. The summed E-state index contributed by atoms with van der Waals surface area (Å²) in [5.41, 5.74) is 1.05. The monoisotopic (exact) mass is 223 g/mol. The molecule has 1 aromatic rings. The highest BCUT2D eigenvalue weighted by Crippen LogP contribution is 2.15. The van der Waals surface area contributed by atoms with Crippen molar-refractivity contribution in [3.63, 3.8) is 0 Å². The van der Waals surface area contributed by atoms with Crippen molar-refractivity contribution < 1.29 is 4.74 Å². The zero-order chi connectivity index (χ0) is 12.0. The van der Waals surface area contributed by atoms with Crippen LogP contribution in [0, 0.1) is 0 Å². The second-order valence-electron chi connectivity index (χ2n) is 4.05. The quantitative estimate of drug-likeness (QED) is 0.753. The molecule has 0 unspecified atom stereocenters. The van der Waals surface area contributed by atoms with Gasteiger partial charge in [0, 0.05) is 25.4 Å². The summed E-state index contributed by atoms with van der Waals surface area (Å²) < 4.78 is 5.45. The number of rotatable bonds is 6. The molecule has 0 spiro atoms. The topological polar surface area (TPSA) is 47.0 Å². The van der Waals surface area contributed by atoms with Crippen molar-refractivity contribution in [2.24, 2.45) is 0 Å². The van der Waals surface area contributed by atoms with Gasteiger partial charge in [-0.2, -0.15) is 0 Å². The number of hydrogen-bond acceptors (Lipinski definition) is 4. The minimum absolute atomic E-state index is 0.403. The maximum absolute atomic E-state index is 5.45. The molecule has 0 amide bonds. The van der Waals surface area contributed by atoms with Crippen LogP contribution in [-0.4, -0.2) is 23.6 Å². The maximum Gasteiger partial charge on any atom is 0.156 e. The molecule has 0 aliphatic rings. The van der Waals surface area contributed by atoms with E-state index in [1.807, 2.05) is 13.1 Å². The van der Waals surface area contributed by atoms with E-state index in [0.717, 1.165) is 30.4 Å². The van der Waals surface area contributed by atoms with Crippen LogP contribution in [0.25, 0.3) is 0 Å². The molecular weight excluding hydrogens is 202 g/mol. The Kier molecular flexibility index (Phi) is 5.19. The number of aromatic nitrogens is 2. The first kappa shape index (κ1) is 12.9.